The van der Waals surface area contributed by atoms with Crippen LogP contribution in [0.1, 0.15) is 21.6 Å². The number of benzene rings is 1. The van der Waals surface area contributed by atoms with E-state index in [1.807, 2.05) is 36.1 Å². The summed E-state index contributed by atoms with van der Waals surface area (Å²) in [6, 6.07) is 10.0. The SMILES string of the molecule is Cc1ccccc1CS(=O)CC(=O)N1CCc2sccc2C1. The summed E-state index contributed by atoms with van der Waals surface area (Å²) < 4.78 is 12.3. The van der Waals surface area contributed by atoms with E-state index in [9.17, 15) is 9.00 Å². The molecule has 1 aliphatic rings. The third-order valence-corrected chi connectivity index (χ3v) is 6.25. The molecule has 3 nitrogen and oxygen atoms in total. The molecule has 0 N–H and O–H groups in total. The summed E-state index contributed by atoms with van der Waals surface area (Å²) in [7, 11) is -1.15. The molecular formula is C17H19NO2S2. The average Bonchev–Trinajstić information content (AvgIpc) is 2.97. The molecule has 1 aliphatic heterocycles. The van der Waals surface area contributed by atoms with Gasteiger partial charge in [-0.3, -0.25) is 9.00 Å². The van der Waals surface area contributed by atoms with E-state index in [0.717, 1.165) is 24.1 Å². The molecule has 2 aromatic rings. The highest BCUT2D eigenvalue weighted by molar-refractivity contribution is 7.84. The van der Waals surface area contributed by atoms with E-state index >= 15 is 0 Å². The number of amides is 1. The zero-order valence-electron chi connectivity index (χ0n) is 12.6. The van der Waals surface area contributed by atoms with Gasteiger partial charge in [0.2, 0.25) is 5.91 Å². The Balaban J connectivity index is 1.58. The number of aryl methyl sites for hydroxylation is 1. The largest absolute Gasteiger partial charge is 0.337 e. The average molecular weight is 333 g/mol. The molecule has 3 rings (SSSR count). The van der Waals surface area contributed by atoms with Gasteiger partial charge in [0.25, 0.3) is 0 Å². The summed E-state index contributed by atoms with van der Waals surface area (Å²) in [6.07, 6.45) is 0.920. The van der Waals surface area contributed by atoms with Crippen molar-refractivity contribution in [3.05, 3.63) is 57.3 Å². The van der Waals surface area contributed by atoms with Crippen LogP contribution in [0, 0.1) is 6.92 Å². The standard InChI is InChI=1S/C17H19NO2S2/c1-13-4-2-3-5-15(13)11-22(20)12-17(19)18-8-6-16-14(10-18)7-9-21-16/h2-5,7,9H,6,8,10-12H2,1H3. The van der Waals surface area contributed by atoms with Crippen LogP contribution in [0.2, 0.25) is 0 Å². The minimum atomic E-state index is -1.15. The topological polar surface area (TPSA) is 37.4 Å². The van der Waals surface area contributed by atoms with E-state index in [0.29, 0.717) is 12.3 Å². The Bertz CT molecular complexity index is 708. The minimum absolute atomic E-state index is 0.00349. The third kappa shape index (κ3) is 3.47. The number of hydrogen-bond acceptors (Lipinski definition) is 3. The second-order valence-electron chi connectivity index (χ2n) is 5.59. The van der Waals surface area contributed by atoms with Crippen molar-refractivity contribution >= 4 is 28.0 Å². The first-order valence-corrected chi connectivity index (χ1v) is 9.73. The molecule has 0 saturated heterocycles. The number of carbonyl (C=O) groups is 1. The maximum atomic E-state index is 12.4. The van der Waals surface area contributed by atoms with Crippen LogP contribution in [0.4, 0.5) is 0 Å². The van der Waals surface area contributed by atoms with Gasteiger partial charge in [0.1, 0.15) is 5.75 Å². The number of rotatable bonds is 4. The molecule has 1 unspecified atom stereocenters. The fraction of sp³-hybridized carbons (Fsp3) is 0.353. The lowest BCUT2D eigenvalue weighted by molar-refractivity contribution is -0.129. The van der Waals surface area contributed by atoms with Gasteiger partial charge in [0, 0.05) is 34.5 Å². The molecule has 0 saturated carbocycles. The van der Waals surface area contributed by atoms with Gasteiger partial charge in [0.05, 0.1) is 0 Å². The van der Waals surface area contributed by atoms with Crippen molar-refractivity contribution < 1.29 is 9.00 Å². The van der Waals surface area contributed by atoms with Crippen LogP contribution in [-0.2, 0) is 34.3 Å². The summed E-state index contributed by atoms with van der Waals surface area (Å²) >= 11 is 1.76. The van der Waals surface area contributed by atoms with Crippen molar-refractivity contribution in [2.45, 2.75) is 25.6 Å². The highest BCUT2D eigenvalue weighted by Crippen LogP contribution is 2.24. The van der Waals surface area contributed by atoms with E-state index in [1.54, 1.807) is 11.3 Å². The monoisotopic (exact) mass is 333 g/mol. The van der Waals surface area contributed by atoms with Gasteiger partial charge < -0.3 is 4.90 Å². The summed E-state index contributed by atoms with van der Waals surface area (Å²) in [4.78, 5) is 15.6. The molecule has 1 aromatic carbocycles. The first-order valence-electron chi connectivity index (χ1n) is 7.36. The lowest BCUT2D eigenvalue weighted by atomic mass is 10.1. The summed E-state index contributed by atoms with van der Waals surface area (Å²) in [5, 5.41) is 2.08. The molecule has 1 aromatic heterocycles. The van der Waals surface area contributed by atoms with Crippen LogP contribution in [0.25, 0.3) is 0 Å². The van der Waals surface area contributed by atoms with Gasteiger partial charge in [0.15, 0.2) is 0 Å². The van der Waals surface area contributed by atoms with Crippen molar-refractivity contribution in [1.29, 1.82) is 0 Å². The van der Waals surface area contributed by atoms with E-state index in [-0.39, 0.29) is 11.7 Å². The zero-order valence-corrected chi connectivity index (χ0v) is 14.2. The van der Waals surface area contributed by atoms with Crippen LogP contribution in [0.3, 0.4) is 0 Å². The lowest BCUT2D eigenvalue weighted by Gasteiger charge is -2.26. The van der Waals surface area contributed by atoms with E-state index in [4.69, 9.17) is 0 Å². The van der Waals surface area contributed by atoms with Crippen LogP contribution >= 0.6 is 11.3 Å². The number of nitrogens with zero attached hydrogens (tertiary/aromatic N) is 1. The van der Waals surface area contributed by atoms with E-state index < -0.39 is 10.8 Å². The Morgan fingerprint density at radius 2 is 2.14 bits per heavy atom. The Morgan fingerprint density at radius 3 is 2.95 bits per heavy atom. The quantitative estimate of drug-likeness (QED) is 0.863. The lowest BCUT2D eigenvalue weighted by Crippen LogP contribution is -2.38. The van der Waals surface area contributed by atoms with Crippen LogP contribution in [0.15, 0.2) is 35.7 Å². The van der Waals surface area contributed by atoms with Gasteiger partial charge in [-0.15, -0.1) is 11.3 Å². The number of thiophene rings is 1. The number of carbonyl (C=O) groups excluding carboxylic acids is 1. The zero-order chi connectivity index (χ0) is 15.5. The van der Waals surface area contributed by atoms with E-state index in [1.165, 1.54) is 10.4 Å². The Hall–Kier alpha value is -1.46. The molecule has 2 heterocycles. The van der Waals surface area contributed by atoms with Gasteiger partial charge in [-0.05, 0) is 41.5 Å². The number of fused-ring (bicyclic) bond motifs is 1. The van der Waals surface area contributed by atoms with E-state index in [2.05, 4.69) is 11.4 Å². The first kappa shape index (κ1) is 15.4. The van der Waals surface area contributed by atoms with Crippen LogP contribution in [0.5, 0.6) is 0 Å². The first-order chi connectivity index (χ1) is 10.6. The summed E-state index contributed by atoms with van der Waals surface area (Å²) in [6.45, 7) is 3.42. The Morgan fingerprint density at radius 1 is 1.32 bits per heavy atom. The number of hydrogen-bond donors (Lipinski definition) is 0. The molecular weight excluding hydrogens is 314 g/mol. The van der Waals surface area contributed by atoms with Crippen molar-refractivity contribution in [1.82, 2.24) is 4.90 Å². The van der Waals surface area contributed by atoms with Crippen molar-refractivity contribution in [3.63, 3.8) is 0 Å². The molecule has 1 atom stereocenters. The van der Waals surface area contributed by atoms with Gasteiger partial charge in [-0.25, -0.2) is 0 Å². The fourth-order valence-electron chi connectivity index (χ4n) is 2.69. The Kier molecular flexibility index (Phi) is 4.74. The van der Waals surface area contributed by atoms with Crippen molar-refractivity contribution in [3.8, 4) is 0 Å². The van der Waals surface area contributed by atoms with Gasteiger partial charge in [-0.1, -0.05) is 24.3 Å². The van der Waals surface area contributed by atoms with Crippen molar-refractivity contribution in [2.75, 3.05) is 12.3 Å². The predicted octanol–water partition coefficient (Wildman–Crippen LogP) is 2.89. The maximum Gasteiger partial charge on any atom is 0.235 e. The minimum Gasteiger partial charge on any atom is -0.337 e. The molecule has 0 aliphatic carbocycles. The molecule has 0 bridgehead atoms. The molecule has 0 radical (unpaired) electrons. The smallest absolute Gasteiger partial charge is 0.235 e. The fourth-order valence-corrected chi connectivity index (χ4v) is 4.81. The highest BCUT2D eigenvalue weighted by Gasteiger charge is 2.22. The van der Waals surface area contributed by atoms with Gasteiger partial charge in [-0.2, -0.15) is 0 Å². The van der Waals surface area contributed by atoms with Crippen LogP contribution in [-0.4, -0.2) is 27.3 Å². The summed E-state index contributed by atoms with van der Waals surface area (Å²) in [5.74, 6) is 0.577. The molecule has 5 heteroatoms. The predicted molar refractivity (Wildman–Crippen MR) is 91.3 cm³/mol. The third-order valence-electron chi connectivity index (χ3n) is 4.02. The second kappa shape index (κ2) is 6.75. The molecule has 1 amide bonds. The molecule has 22 heavy (non-hydrogen) atoms. The molecule has 0 spiro atoms. The molecule has 0 fully saturated rings. The second-order valence-corrected chi connectivity index (χ2v) is 8.05. The maximum absolute atomic E-state index is 12.4. The normalized spacial score (nSPS) is 15.4. The highest BCUT2D eigenvalue weighted by atomic mass is 32.2. The van der Waals surface area contributed by atoms with Gasteiger partial charge >= 0.3 is 0 Å². The molecule has 116 valence electrons. The summed E-state index contributed by atoms with van der Waals surface area (Å²) in [5.41, 5.74) is 3.44. The van der Waals surface area contributed by atoms with Crippen LogP contribution < -0.4 is 0 Å². The van der Waals surface area contributed by atoms with Crippen molar-refractivity contribution in [2.24, 2.45) is 0 Å². The Labute approximate surface area is 137 Å².